The van der Waals surface area contributed by atoms with E-state index in [-0.39, 0.29) is 36.8 Å². The van der Waals surface area contributed by atoms with Gasteiger partial charge in [0, 0.05) is 51.8 Å². The molecular weight excluding hydrogens is 608 g/mol. The lowest BCUT2D eigenvalue weighted by Crippen LogP contribution is -2.50. The molecule has 46 heavy (non-hydrogen) atoms. The number of carbonyl (C=O) groups excluding carboxylic acids is 3. The number of nitrogens with zero attached hydrogens (tertiary/aromatic N) is 5. The van der Waals surface area contributed by atoms with Gasteiger partial charge in [-0.3, -0.25) is 9.59 Å². The average molecular weight is 653 g/mol. The van der Waals surface area contributed by atoms with Gasteiger partial charge in [0.25, 0.3) is 0 Å². The van der Waals surface area contributed by atoms with E-state index in [1.54, 1.807) is 22.3 Å². The number of ether oxygens (including phenoxy) is 1. The van der Waals surface area contributed by atoms with Crippen molar-refractivity contribution in [3.05, 3.63) is 52.9 Å². The second-order valence-corrected chi connectivity index (χ2v) is 14.2. The molecular formula is C33H44N6O6S. The van der Waals surface area contributed by atoms with Crippen molar-refractivity contribution in [2.45, 2.75) is 78.2 Å². The summed E-state index contributed by atoms with van der Waals surface area (Å²) < 4.78 is 11.2. The summed E-state index contributed by atoms with van der Waals surface area (Å²) in [5, 5.41) is 17.7. The van der Waals surface area contributed by atoms with Crippen LogP contribution in [0.1, 0.15) is 64.0 Å². The lowest BCUT2D eigenvalue weighted by atomic mass is 9.91. The minimum Gasteiger partial charge on any atom is -0.444 e. The maximum atomic E-state index is 14.0. The Labute approximate surface area is 273 Å². The van der Waals surface area contributed by atoms with Crippen LogP contribution in [0.4, 0.5) is 10.6 Å². The Bertz CT molecular complexity index is 1520. The van der Waals surface area contributed by atoms with E-state index in [0.717, 1.165) is 21.7 Å². The number of aliphatic hydroxyl groups excluding tert-OH is 1. The molecule has 2 fully saturated rings. The van der Waals surface area contributed by atoms with Crippen LogP contribution in [0.2, 0.25) is 0 Å². The lowest BCUT2D eigenvalue weighted by Gasteiger charge is -2.35. The van der Waals surface area contributed by atoms with Gasteiger partial charge in [-0.05, 0) is 44.7 Å². The first-order chi connectivity index (χ1) is 21.8. The Morgan fingerprint density at radius 2 is 1.83 bits per heavy atom. The summed E-state index contributed by atoms with van der Waals surface area (Å²) in [6, 6.07) is 8.92. The van der Waals surface area contributed by atoms with E-state index >= 15 is 0 Å². The van der Waals surface area contributed by atoms with Gasteiger partial charge in [0.15, 0.2) is 11.6 Å². The quantitative estimate of drug-likeness (QED) is 0.367. The van der Waals surface area contributed by atoms with E-state index < -0.39 is 23.7 Å². The Morgan fingerprint density at radius 3 is 2.43 bits per heavy atom. The molecule has 5 rings (SSSR count). The summed E-state index contributed by atoms with van der Waals surface area (Å²) in [7, 11) is 0. The number of hydrogen-bond donors (Lipinski definition) is 2. The van der Waals surface area contributed by atoms with E-state index in [0.29, 0.717) is 44.3 Å². The second kappa shape index (κ2) is 13.8. The van der Waals surface area contributed by atoms with Crippen LogP contribution in [0.5, 0.6) is 0 Å². The molecule has 2 aromatic heterocycles. The van der Waals surface area contributed by atoms with Gasteiger partial charge in [-0.25, -0.2) is 9.78 Å². The number of anilines is 1. The maximum absolute atomic E-state index is 14.0. The summed E-state index contributed by atoms with van der Waals surface area (Å²) in [5.74, 6) is -0.442. The zero-order valence-electron chi connectivity index (χ0n) is 27.4. The third-order valence-corrected chi connectivity index (χ3v) is 9.28. The fourth-order valence-electron chi connectivity index (χ4n) is 5.90. The Balaban J connectivity index is 1.21. The molecule has 0 radical (unpaired) electrons. The van der Waals surface area contributed by atoms with E-state index in [1.165, 1.54) is 4.90 Å². The number of hydrogen-bond acceptors (Lipinski definition) is 10. The van der Waals surface area contributed by atoms with Gasteiger partial charge < -0.3 is 34.4 Å². The molecule has 3 atom stereocenters. The zero-order chi connectivity index (χ0) is 33.2. The SMILES string of the molecule is Cc1ncsc1-c1ccc(CNC(=O)[C@@H]2C[C@@H](O)CN2C(=O)C(c2cc(N3CCN(C(=O)OC(C)(C)C)CC3)no2)C(C)C)cc1. The third kappa shape index (κ3) is 7.69. The van der Waals surface area contributed by atoms with Crippen LogP contribution in [0.15, 0.2) is 40.4 Å². The third-order valence-electron chi connectivity index (χ3n) is 8.30. The van der Waals surface area contributed by atoms with E-state index in [9.17, 15) is 19.5 Å². The van der Waals surface area contributed by atoms with E-state index in [4.69, 9.17) is 9.26 Å². The summed E-state index contributed by atoms with van der Waals surface area (Å²) >= 11 is 1.59. The van der Waals surface area contributed by atoms with Crippen LogP contribution in [-0.2, 0) is 20.9 Å². The lowest BCUT2D eigenvalue weighted by molar-refractivity contribution is -0.141. The summed E-state index contributed by atoms with van der Waals surface area (Å²) in [5.41, 5.74) is 4.24. The van der Waals surface area contributed by atoms with Crippen LogP contribution in [0.25, 0.3) is 10.4 Å². The minimum atomic E-state index is -0.805. The highest BCUT2D eigenvalue weighted by Gasteiger charge is 2.43. The van der Waals surface area contributed by atoms with Gasteiger partial charge >= 0.3 is 6.09 Å². The smallest absolute Gasteiger partial charge is 0.410 e. The number of amides is 3. The van der Waals surface area contributed by atoms with Crippen molar-refractivity contribution < 1.29 is 28.8 Å². The molecule has 0 spiro atoms. The molecule has 2 aliphatic heterocycles. The average Bonchev–Trinajstić information content (AvgIpc) is 3.75. The van der Waals surface area contributed by atoms with Crippen molar-refractivity contribution >= 4 is 35.1 Å². The molecule has 1 unspecified atom stereocenters. The number of aliphatic hydroxyl groups is 1. The number of carbonyl (C=O) groups is 3. The number of benzene rings is 1. The van der Waals surface area contributed by atoms with Gasteiger partial charge in [0.2, 0.25) is 11.8 Å². The highest BCUT2D eigenvalue weighted by atomic mass is 32.1. The van der Waals surface area contributed by atoms with E-state index in [2.05, 4.69) is 15.5 Å². The molecule has 0 bridgehead atoms. The van der Waals surface area contributed by atoms with Crippen LogP contribution in [0.3, 0.4) is 0 Å². The Morgan fingerprint density at radius 1 is 1.13 bits per heavy atom. The first-order valence-corrected chi connectivity index (χ1v) is 16.6. The largest absolute Gasteiger partial charge is 0.444 e. The molecule has 2 N–H and O–H groups in total. The predicted molar refractivity (Wildman–Crippen MR) is 174 cm³/mol. The van der Waals surface area contributed by atoms with Crippen LogP contribution >= 0.6 is 11.3 Å². The van der Waals surface area contributed by atoms with Crippen LogP contribution in [0, 0.1) is 12.8 Å². The molecule has 3 aromatic rings. The van der Waals surface area contributed by atoms with Crippen molar-refractivity contribution in [3.8, 4) is 10.4 Å². The zero-order valence-corrected chi connectivity index (χ0v) is 28.2. The van der Waals surface area contributed by atoms with Gasteiger partial charge in [-0.1, -0.05) is 43.3 Å². The summed E-state index contributed by atoms with van der Waals surface area (Å²) in [4.78, 5) is 50.4. The van der Waals surface area contributed by atoms with Crippen molar-refractivity contribution in [1.82, 2.24) is 25.3 Å². The first kappa shape index (κ1) is 33.4. The standard InChI is InChI=1S/C33H44N6O6S/c1-20(2)28(26-16-27(36-45-26)37-11-13-38(14-12-37)32(43)44-33(4,5)6)31(42)39-18-24(40)15-25(39)30(41)34-17-22-7-9-23(10-8-22)29-21(3)35-19-46-29/h7-10,16,19-20,24-25,28,40H,11-15,17-18H2,1-6H3,(H,34,41)/t24-,25+,28?/m1/s1. The van der Waals surface area contributed by atoms with Crippen molar-refractivity contribution in [1.29, 1.82) is 0 Å². The Kier molecular flexibility index (Phi) is 10.0. The molecule has 2 saturated heterocycles. The summed E-state index contributed by atoms with van der Waals surface area (Å²) in [6.45, 7) is 13.7. The molecule has 2 aliphatic rings. The minimum absolute atomic E-state index is 0.0661. The highest BCUT2D eigenvalue weighted by molar-refractivity contribution is 7.13. The number of thiazole rings is 1. The fraction of sp³-hybridized carbons (Fsp3) is 0.545. The Hall–Kier alpha value is -3.97. The second-order valence-electron chi connectivity index (χ2n) is 13.3. The number of nitrogens with one attached hydrogen (secondary N) is 1. The number of piperazine rings is 1. The van der Waals surface area contributed by atoms with Crippen molar-refractivity contribution in [2.24, 2.45) is 5.92 Å². The molecule has 0 saturated carbocycles. The van der Waals surface area contributed by atoms with Crippen molar-refractivity contribution in [2.75, 3.05) is 37.6 Å². The molecule has 0 aliphatic carbocycles. The van der Waals surface area contributed by atoms with Gasteiger partial charge in [0.1, 0.15) is 17.6 Å². The number of aryl methyl sites for hydroxylation is 1. The van der Waals surface area contributed by atoms with Gasteiger partial charge in [-0.2, -0.15) is 0 Å². The maximum Gasteiger partial charge on any atom is 0.410 e. The van der Waals surface area contributed by atoms with Crippen molar-refractivity contribution in [3.63, 3.8) is 0 Å². The topological polar surface area (TPSA) is 141 Å². The van der Waals surface area contributed by atoms with E-state index in [1.807, 2.05) is 76.2 Å². The van der Waals surface area contributed by atoms with Gasteiger partial charge in [0.05, 0.1) is 22.2 Å². The number of rotatable bonds is 8. The molecule has 3 amide bonds. The molecule has 13 heteroatoms. The summed E-state index contributed by atoms with van der Waals surface area (Å²) in [6.07, 6.45) is -0.985. The first-order valence-electron chi connectivity index (χ1n) is 15.8. The fourth-order valence-corrected chi connectivity index (χ4v) is 6.71. The molecule has 248 valence electrons. The van der Waals surface area contributed by atoms with Crippen LogP contribution < -0.4 is 10.2 Å². The normalized spacial score (nSPS) is 19.4. The van der Waals surface area contributed by atoms with Gasteiger partial charge in [-0.15, -0.1) is 11.3 Å². The molecule has 1 aromatic carbocycles. The number of likely N-dealkylation sites (tertiary alicyclic amines) is 1. The molecule has 4 heterocycles. The monoisotopic (exact) mass is 652 g/mol. The highest BCUT2D eigenvalue weighted by Crippen LogP contribution is 2.33. The number of β-amino-alcohol motifs (C(OH)–C–C–N with tert-alkyl or cyclic N) is 1. The van der Waals surface area contributed by atoms with Crippen LogP contribution in [-0.4, -0.2) is 93.4 Å². The number of aromatic nitrogens is 2. The predicted octanol–water partition coefficient (Wildman–Crippen LogP) is 4.18. The molecule has 12 nitrogen and oxygen atoms in total.